The van der Waals surface area contributed by atoms with Gasteiger partial charge in [-0.3, -0.25) is 9.89 Å². The molecule has 0 bridgehead atoms. The molecule has 0 aliphatic heterocycles. The van der Waals surface area contributed by atoms with Crippen LogP contribution in [0.15, 0.2) is 46.5 Å². The molecule has 34 heavy (non-hydrogen) atoms. The summed E-state index contributed by atoms with van der Waals surface area (Å²) < 4.78 is 28.7. The number of carbonyl (C=O) groups excluding carboxylic acids is 1. The van der Waals surface area contributed by atoms with E-state index in [-0.39, 0.29) is 23.9 Å². The monoisotopic (exact) mass is 501 g/mol. The molecule has 182 valence electrons. The summed E-state index contributed by atoms with van der Waals surface area (Å²) in [4.78, 5) is 17.2. The van der Waals surface area contributed by atoms with Gasteiger partial charge in [0.15, 0.2) is 0 Å². The largest absolute Gasteiger partial charge is 0.354 e. The van der Waals surface area contributed by atoms with Crippen molar-refractivity contribution in [2.45, 2.75) is 51.2 Å². The van der Waals surface area contributed by atoms with E-state index in [2.05, 4.69) is 20.5 Å². The van der Waals surface area contributed by atoms with Crippen LogP contribution < -0.4 is 5.32 Å². The number of H-pyrrole nitrogens is 1. The number of hydrogen-bond acceptors (Lipinski definition) is 6. The Morgan fingerprint density at radius 3 is 2.26 bits per heavy atom. The van der Waals surface area contributed by atoms with Crippen LogP contribution in [-0.4, -0.2) is 52.7 Å². The highest BCUT2D eigenvalue weighted by molar-refractivity contribution is 7.99. The van der Waals surface area contributed by atoms with Crippen molar-refractivity contribution < 1.29 is 13.2 Å². The molecule has 3 aromatic rings. The van der Waals surface area contributed by atoms with Crippen LogP contribution in [-0.2, 0) is 21.4 Å². The third kappa shape index (κ3) is 6.68. The van der Waals surface area contributed by atoms with Crippen LogP contribution in [0.5, 0.6) is 0 Å². The van der Waals surface area contributed by atoms with E-state index in [0.717, 1.165) is 22.5 Å². The summed E-state index contributed by atoms with van der Waals surface area (Å²) in [6, 6.07) is 11.4. The molecule has 0 fully saturated rings. The first-order valence-electron chi connectivity index (χ1n) is 11.0. The smallest absolute Gasteiger partial charge is 0.244 e. The number of carbonyl (C=O) groups is 1. The van der Waals surface area contributed by atoms with E-state index >= 15 is 0 Å². The van der Waals surface area contributed by atoms with Gasteiger partial charge < -0.3 is 5.32 Å². The summed E-state index contributed by atoms with van der Waals surface area (Å²) in [5.74, 6) is 0.944. The van der Waals surface area contributed by atoms with Crippen LogP contribution in [0.4, 0.5) is 0 Å². The molecule has 3 rings (SSSR count). The Kier molecular flexibility index (Phi) is 8.51. The summed E-state index contributed by atoms with van der Waals surface area (Å²) in [6.45, 7) is 9.52. The van der Waals surface area contributed by atoms with Crippen LogP contribution in [0.2, 0.25) is 0 Å². The van der Waals surface area contributed by atoms with E-state index in [1.54, 1.807) is 13.8 Å². The number of aromatic nitrogens is 3. The van der Waals surface area contributed by atoms with E-state index < -0.39 is 10.0 Å². The molecule has 1 amide bonds. The van der Waals surface area contributed by atoms with Gasteiger partial charge in [-0.15, -0.1) is 5.10 Å². The second-order valence-electron chi connectivity index (χ2n) is 8.39. The van der Waals surface area contributed by atoms with Crippen molar-refractivity contribution in [2.75, 3.05) is 18.8 Å². The second kappa shape index (κ2) is 11.2. The van der Waals surface area contributed by atoms with E-state index in [0.29, 0.717) is 28.6 Å². The molecular formula is C24H31N5O3S2. The minimum Gasteiger partial charge on any atom is -0.354 e. The Morgan fingerprint density at radius 2 is 1.68 bits per heavy atom. The average molecular weight is 502 g/mol. The van der Waals surface area contributed by atoms with Crippen LogP contribution in [0.3, 0.4) is 0 Å². The second-order valence-corrected chi connectivity index (χ2v) is 11.3. The maximum absolute atomic E-state index is 13.7. The van der Waals surface area contributed by atoms with E-state index in [9.17, 15) is 13.2 Å². The first kappa shape index (κ1) is 25.9. The highest BCUT2D eigenvalue weighted by atomic mass is 32.2. The van der Waals surface area contributed by atoms with Gasteiger partial charge in [0.05, 0.1) is 11.4 Å². The fourth-order valence-corrected chi connectivity index (χ4v) is 6.26. The van der Waals surface area contributed by atoms with Crippen molar-refractivity contribution >= 4 is 27.7 Å². The van der Waals surface area contributed by atoms with Gasteiger partial charge in [0.1, 0.15) is 5.82 Å². The topological polar surface area (TPSA) is 108 Å². The Hall–Kier alpha value is -2.69. The maximum Gasteiger partial charge on any atom is 0.244 e. The molecule has 10 heteroatoms. The zero-order chi connectivity index (χ0) is 24.9. The summed E-state index contributed by atoms with van der Waals surface area (Å²) in [5.41, 5.74) is 4.24. The molecule has 2 N–H and O–H groups in total. The standard InChI is InChI=1S/C24H31N5O3S2/c1-16-6-8-21(9-7-16)14-29(34(31,32)23-18(3)12-17(2)13-19(23)4)15-22(30)25-10-11-33-24-26-20(5)27-28-24/h6-9,12-13H,10-11,14-15H2,1-5H3,(H,25,30)(H,26,27,28). The molecule has 0 atom stereocenters. The predicted octanol–water partition coefficient (Wildman–Crippen LogP) is 3.45. The number of benzene rings is 2. The zero-order valence-corrected chi connectivity index (χ0v) is 21.8. The van der Waals surface area contributed by atoms with Crippen LogP contribution in [0, 0.1) is 34.6 Å². The number of sulfonamides is 1. The highest BCUT2D eigenvalue weighted by Gasteiger charge is 2.30. The number of nitrogens with zero attached hydrogens (tertiary/aromatic N) is 3. The van der Waals surface area contributed by atoms with Gasteiger partial charge in [0, 0.05) is 18.8 Å². The first-order chi connectivity index (χ1) is 16.1. The Balaban J connectivity index is 1.76. The molecule has 0 unspecified atom stereocenters. The SMILES string of the molecule is Cc1ccc(CN(CC(=O)NCCSc2n[nH]c(C)n2)S(=O)(=O)c2c(C)cc(C)cc2C)cc1. The van der Waals surface area contributed by atoms with Gasteiger partial charge in [-0.1, -0.05) is 59.3 Å². The number of amides is 1. The summed E-state index contributed by atoms with van der Waals surface area (Å²) >= 11 is 1.41. The third-order valence-corrected chi connectivity index (χ3v) is 8.18. The molecule has 0 aliphatic rings. The van der Waals surface area contributed by atoms with Gasteiger partial charge in [0.25, 0.3) is 0 Å². The first-order valence-corrected chi connectivity index (χ1v) is 13.4. The van der Waals surface area contributed by atoms with Crippen molar-refractivity contribution in [3.8, 4) is 0 Å². The van der Waals surface area contributed by atoms with Crippen molar-refractivity contribution in [3.05, 3.63) is 70.0 Å². The van der Waals surface area contributed by atoms with Crippen molar-refractivity contribution in [1.82, 2.24) is 24.8 Å². The fourth-order valence-electron chi connectivity index (χ4n) is 3.76. The van der Waals surface area contributed by atoms with Gasteiger partial charge >= 0.3 is 0 Å². The molecule has 8 nitrogen and oxygen atoms in total. The number of nitrogens with one attached hydrogen (secondary N) is 2. The van der Waals surface area contributed by atoms with Gasteiger partial charge in [0.2, 0.25) is 21.1 Å². The minimum atomic E-state index is -3.91. The quantitative estimate of drug-likeness (QED) is 0.325. The van der Waals surface area contributed by atoms with Crippen molar-refractivity contribution in [2.24, 2.45) is 0 Å². The van der Waals surface area contributed by atoms with Crippen LogP contribution in [0.1, 0.15) is 33.6 Å². The van der Waals surface area contributed by atoms with E-state index in [1.165, 1.54) is 16.1 Å². The number of aryl methyl sites for hydroxylation is 5. The summed E-state index contributed by atoms with van der Waals surface area (Å²) in [6.07, 6.45) is 0. The number of thioether (sulfide) groups is 1. The lowest BCUT2D eigenvalue weighted by atomic mass is 10.1. The summed E-state index contributed by atoms with van der Waals surface area (Å²) in [7, 11) is -3.91. The third-order valence-electron chi connectivity index (χ3n) is 5.23. The summed E-state index contributed by atoms with van der Waals surface area (Å²) in [5, 5.41) is 10.2. The number of aromatic amines is 1. The van der Waals surface area contributed by atoms with Gasteiger partial charge in [-0.05, 0) is 51.3 Å². The number of rotatable bonds is 10. The molecular weight excluding hydrogens is 470 g/mol. The molecule has 1 aromatic heterocycles. The van der Waals surface area contributed by atoms with Crippen LogP contribution >= 0.6 is 11.8 Å². The lowest BCUT2D eigenvalue weighted by Gasteiger charge is -2.24. The normalized spacial score (nSPS) is 11.7. The molecule has 0 radical (unpaired) electrons. The molecule has 0 spiro atoms. The van der Waals surface area contributed by atoms with E-state index in [1.807, 2.05) is 57.2 Å². The lowest BCUT2D eigenvalue weighted by Crippen LogP contribution is -2.41. The maximum atomic E-state index is 13.7. The fraction of sp³-hybridized carbons (Fsp3) is 0.375. The van der Waals surface area contributed by atoms with Gasteiger partial charge in [-0.25, -0.2) is 13.4 Å². The van der Waals surface area contributed by atoms with Crippen molar-refractivity contribution in [1.29, 1.82) is 0 Å². The minimum absolute atomic E-state index is 0.105. The van der Waals surface area contributed by atoms with Crippen molar-refractivity contribution in [3.63, 3.8) is 0 Å². The Bertz CT molecular complexity index is 1230. The molecule has 0 aliphatic carbocycles. The highest BCUT2D eigenvalue weighted by Crippen LogP contribution is 2.26. The average Bonchev–Trinajstić information content (AvgIpc) is 3.16. The Morgan fingerprint density at radius 1 is 1.03 bits per heavy atom. The molecule has 0 saturated carbocycles. The van der Waals surface area contributed by atoms with Crippen LogP contribution in [0.25, 0.3) is 0 Å². The zero-order valence-electron chi connectivity index (χ0n) is 20.2. The Labute approximate surface area is 205 Å². The molecule has 0 saturated heterocycles. The van der Waals surface area contributed by atoms with Gasteiger partial charge in [-0.2, -0.15) is 4.31 Å². The molecule has 1 heterocycles. The number of hydrogen-bond donors (Lipinski definition) is 2. The van der Waals surface area contributed by atoms with E-state index in [4.69, 9.17) is 0 Å². The molecule has 2 aromatic carbocycles. The lowest BCUT2D eigenvalue weighted by molar-refractivity contribution is -0.121. The predicted molar refractivity (Wildman–Crippen MR) is 134 cm³/mol.